The van der Waals surface area contributed by atoms with Crippen molar-refractivity contribution in [2.45, 2.75) is 19.3 Å². The van der Waals surface area contributed by atoms with Gasteiger partial charge in [0.1, 0.15) is 5.75 Å². The van der Waals surface area contributed by atoms with Gasteiger partial charge in [-0.2, -0.15) is 0 Å². The monoisotopic (exact) mass is 302 g/mol. The number of carbonyl (C=O) groups is 2. The van der Waals surface area contributed by atoms with E-state index in [1.54, 1.807) is 0 Å². The average molecular weight is 302 g/mol. The van der Waals surface area contributed by atoms with E-state index >= 15 is 0 Å². The van der Waals surface area contributed by atoms with Crippen LogP contribution in [0.25, 0.3) is 0 Å². The molecule has 22 heavy (non-hydrogen) atoms. The first-order valence-electron chi connectivity index (χ1n) is 7.98. The number of carbonyl (C=O) groups excluding carboxylic acids is 2. The molecule has 5 heteroatoms. The van der Waals surface area contributed by atoms with Crippen molar-refractivity contribution in [3.63, 3.8) is 0 Å². The Labute approximate surface area is 130 Å². The summed E-state index contributed by atoms with van der Waals surface area (Å²) in [6.45, 7) is 2.77. The molecule has 0 bridgehead atoms. The van der Waals surface area contributed by atoms with Crippen LogP contribution in [0.4, 0.5) is 0 Å². The number of amides is 2. The zero-order chi connectivity index (χ0) is 15.4. The van der Waals surface area contributed by atoms with E-state index < -0.39 is 0 Å². The van der Waals surface area contributed by atoms with Crippen LogP contribution < -0.4 is 4.74 Å². The van der Waals surface area contributed by atoms with Crippen molar-refractivity contribution in [1.82, 2.24) is 9.80 Å². The first kappa shape index (κ1) is 14.9. The van der Waals surface area contributed by atoms with Gasteiger partial charge < -0.3 is 14.5 Å². The van der Waals surface area contributed by atoms with Gasteiger partial charge in [-0.3, -0.25) is 9.59 Å². The highest BCUT2D eigenvalue weighted by Crippen LogP contribution is 2.31. The Morgan fingerprint density at radius 3 is 2.41 bits per heavy atom. The minimum atomic E-state index is -0.00965. The van der Waals surface area contributed by atoms with Gasteiger partial charge in [-0.1, -0.05) is 18.2 Å². The Hall–Kier alpha value is -2.04. The van der Waals surface area contributed by atoms with E-state index in [1.165, 1.54) is 0 Å². The zero-order valence-electron chi connectivity index (χ0n) is 12.7. The summed E-state index contributed by atoms with van der Waals surface area (Å²) in [5, 5.41) is 0. The van der Waals surface area contributed by atoms with E-state index in [-0.39, 0.29) is 24.3 Å². The van der Waals surface area contributed by atoms with Gasteiger partial charge in [0.05, 0.1) is 0 Å². The van der Waals surface area contributed by atoms with E-state index in [1.807, 2.05) is 40.1 Å². The quantitative estimate of drug-likeness (QED) is 0.847. The molecule has 1 heterocycles. The van der Waals surface area contributed by atoms with Crippen LogP contribution in [0.1, 0.15) is 19.3 Å². The van der Waals surface area contributed by atoms with Crippen molar-refractivity contribution in [3.8, 4) is 5.75 Å². The summed E-state index contributed by atoms with van der Waals surface area (Å²) in [5.41, 5.74) is 0. The molecule has 1 saturated carbocycles. The summed E-state index contributed by atoms with van der Waals surface area (Å²) < 4.78 is 5.51. The Balaban J connectivity index is 1.47. The molecule has 2 aliphatic rings. The number of hydrogen-bond acceptors (Lipinski definition) is 3. The average Bonchev–Trinajstić information content (AvgIpc) is 3.39. The van der Waals surface area contributed by atoms with Crippen molar-refractivity contribution in [3.05, 3.63) is 30.3 Å². The number of hydrogen-bond donors (Lipinski definition) is 0. The Morgan fingerprint density at radius 1 is 1.00 bits per heavy atom. The van der Waals surface area contributed by atoms with Crippen molar-refractivity contribution >= 4 is 11.8 Å². The lowest BCUT2D eigenvalue weighted by Gasteiger charge is -2.22. The fourth-order valence-corrected chi connectivity index (χ4v) is 2.73. The van der Waals surface area contributed by atoms with Gasteiger partial charge >= 0.3 is 0 Å². The maximum absolute atomic E-state index is 12.2. The van der Waals surface area contributed by atoms with Gasteiger partial charge in [-0.05, 0) is 31.4 Å². The standard InChI is InChI=1S/C17H22N2O3/c20-16(13-22-15-5-2-1-3-6-15)18-9-4-10-19(12-11-18)17(21)14-7-8-14/h1-3,5-6,14H,4,7-13H2. The van der Waals surface area contributed by atoms with Crippen LogP contribution in [0.3, 0.4) is 0 Å². The third-order valence-corrected chi connectivity index (χ3v) is 4.19. The van der Waals surface area contributed by atoms with Crippen LogP contribution in [0.15, 0.2) is 30.3 Å². The fraction of sp³-hybridized carbons (Fsp3) is 0.529. The van der Waals surface area contributed by atoms with E-state index in [0.717, 1.165) is 25.8 Å². The Kier molecular flexibility index (Phi) is 4.61. The van der Waals surface area contributed by atoms with Gasteiger partial charge in [0.25, 0.3) is 5.91 Å². The first-order chi connectivity index (χ1) is 10.7. The molecule has 3 rings (SSSR count). The molecule has 0 unspecified atom stereocenters. The lowest BCUT2D eigenvalue weighted by molar-refractivity contribution is -0.135. The molecule has 1 saturated heterocycles. The third kappa shape index (κ3) is 3.78. The second-order valence-corrected chi connectivity index (χ2v) is 5.94. The largest absolute Gasteiger partial charge is 0.484 e. The molecule has 0 atom stereocenters. The second kappa shape index (κ2) is 6.81. The summed E-state index contributed by atoms with van der Waals surface area (Å²) in [7, 11) is 0. The minimum absolute atomic E-state index is 0.00965. The first-order valence-corrected chi connectivity index (χ1v) is 7.98. The second-order valence-electron chi connectivity index (χ2n) is 5.94. The number of ether oxygens (including phenoxy) is 1. The molecule has 1 aliphatic carbocycles. The predicted octanol–water partition coefficient (Wildman–Crippen LogP) is 1.54. The number of nitrogens with zero attached hydrogens (tertiary/aromatic N) is 2. The molecule has 2 fully saturated rings. The summed E-state index contributed by atoms with van der Waals surface area (Å²) in [6.07, 6.45) is 2.90. The molecule has 0 aromatic heterocycles. The Bertz CT molecular complexity index is 528. The maximum atomic E-state index is 12.2. The summed E-state index contributed by atoms with van der Waals surface area (Å²) >= 11 is 0. The molecule has 0 N–H and O–H groups in total. The molecule has 0 spiro atoms. The topological polar surface area (TPSA) is 49.9 Å². The molecular formula is C17H22N2O3. The Morgan fingerprint density at radius 2 is 1.68 bits per heavy atom. The van der Waals surface area contributed by atoms with Crippen molar-refractivity contribution in [1.29, 1.82) is 0 Å². The highest BCUT2D eigenvalue weighted by molar-refractivity contribution is 5.81. The summed E-state index contributed by atoms with van der Waals surface area (Å²) in [6, 6.07) is 9.35. The molecule has 1 aromatic carbocycles. The maximum Gasteiger partial charge on any atom is 0.260 e. The third-order valence-electron chi connectivity index (χ3n) is 4.19. The highest BCUT2D eigenvalue weighted by Gasteiger charge is 2.34. The smallest absolute Gasteiger partial charge is 0.260 e. The van der Waals surface area contributed by atoms with Crippen molar-refractivity contribution in [2.24, 2.45) is 5.92 Å². The van der Waals surface area contributed by atoms with Gasteiger partial charge in [0, 0.05) is 32.1 Å². The van der Waals surface area contributed by atoms with Gasteiger partial charge in [0.15, 0.2) is 6.61 Å². The van der Waals surface area contributed by atoms with E-state index in [9.17, 15) is 9.59 Å². The zero-order valence-corrected chi connectivity index (χ0v) is 12.7. The van der Waals surface area contributed by atoms with Crippen LogP contribution in [-0.2, 0) is 9.59 Å². The van der Waals surface area contributed by atoms with Crippen LogP contribution >= 0.6 is 0 Å². The van der Waals surface area contributed by atoms with E-state index in [2.05, 4.69) is 0 Å². The van der Waals surface area contributed by atoms with Crippen LogP contribution in [-0.4, -0.2) is 54.4 Å². The lowest BCUT2D eigenvalue weighted by Crippen LogP contribution is -2.39. The summed E-state index contributed by atoms with van der Waals surface area (Å²) in [5.74, 6) is 1.22. The van der Waals surface area contributed by atoms with Crippen molar-refractivity contribution in [2.75, 3.05) is 32.8 Å². The molecule has 1 aromatic rings. The van der Waals surface area contributed by atoms with Gasteiger partial charge in [0.2, 0.25) is 5.91 Å². The van der Waals surface area contributed by atoms with E-state index in [0.29, 0.717) is 25.4 Å². The predicted molar refractivity (Wildman–Crippen MR) is 82.4 cm³/mol. The van der Waals surface area contributed by atoms with Gasteiger partial charge in [-0.25, -0.2) is 0 Å². The number of para-hydroxylation sites is 1. The molecule has 118 valence electrons. The molecule has 1 aliphatic heterocycles. The lowest BCUT2D eigenvalue weighted by atomic mass is 10.3. The fourth-order valence-electron chi connectivity index (χ4n) is 2.73. The SMILES string of the molecule is O=C(COc1ccccc1)N1CCCN(C(=O)C2CC2)CC1. The normalized spacial score (nSPS) is 18.7. The van der Waals surface area contributed by atoms with Crippen molar-refractivity contribution < 1.29 is 14.3 Å². The minimum Gasteiger partial charge on any atom is -0.484 e. The van der Waals surface area contributed by atoms with E-state index in [4.69, 9.17) is 4.74 Å². The molecule has 2 amide bonds. The molecular weight excluding hydrogens is 280 g/mol. The highest BCUT2D eigenvalue weighted by atomic mass is 16.5. The van der Waals surface area contributed by atoms with Crippen LogP contribution in [0.5, 0.6) is 5.75 Å². The van der Waals surface area contributed by atoms with Crippen LogP contribution in [0, 0.1) is 5.92 Å². The number of rotatable bonds is 4. The van der Waals surface area contributed by atoms with Gasteiger partial charge in [-0.15, -0.1) is 0 Å². The molecule has 5 nitrogen and oxygen atoms in total. The van der Waals surface area contributed by atoms with Crippen LogP contribution in [0.2, 0.25) is 0 Å². The summed E-state index contributed by atoms with van der Waals surface area (Å²) in [4.78, 5) is 28.1. The molecule has 0 radical (unpaired) electrons. The number of benzene rings is 1.